The van der Waals surface area contributed by atoms with Crippen LogP contribution in [0.5, 0.6) is 0 Å². The van der Waals surface area contributed by atoms with E-state index in [1.54, 1.807) is 0 Å². The van der Waals surface area contributed by atoms with Crippen LogP contribution < -0.4 is 10.6 Å². The van der Waals surface area contributed by atoms with Gasteiger partial charge in [-0.2, -0.15) is 0 Å². The molecule has 0 bridgehead atoms. The quantitative estimate of drug-likeness (QED) is 0.371. The highest BCUT2D eigenvalue weighted by molar-refractivity contribution is 8.00. The summed E-state index contributed by atoms with van der Waals surface area (Å²) in [6.45, 7) is 8.22. The maximum atomic E-state index is 12.9. The Labute approximate surface area is 194 Å². The van der Waals surface area contributed by atoms with Crippen LogP contribution in [0, 0.1) is 6.92 Å². The zero-order chi connectivity index (χ0) is 23.1. The predicted octanol–water partition coefficient (Wildman–Crippen LogP) is 6.88. The zero-order valence-corrected chi connectivity index (χ0v) is 19.8. The van der Waals surface area contributed by atoms with E-state index >= 15 is 0 Å². The summed E-state index contributed by atoms with van der Waals surface area (Å²) in [4.78, 5) is 26.4. The van der Waals surface area contributed by atoms with E-state index in [1.807, 2.05) is 74.5 Å². The van der Waals surface area contributed by atoms with Crippen molar-refractivity contribution in [3.8, 4) is 0 Å². The Balaban J connectivity index is 1.65. The molecule has 1 atom stereocenters. The van der Waals surface area contributed by atoms with Gasteiger partial charge in [0.1, 0.15) is 0 Å². The number of hydrogen-bond acceptors (Lipinski definition) is 3. The Morgan fingerprint density at radius 2 is 1.59 bits per heavy atom. The molecule has 0 aliphatic carbocycles. The van der Waals surface area contributed by atoms with Crippen LogP contribution in [0.3, 0.4) is 0 Å². The highest BCUT2D eigenvalue weighted by Crippen LogP contribution is 2.29. The van der Waals surface area contributed by atoms with Gasteiger partial charge in [0.25, 0.3) is 5.91 Å². The Hall–Kier alpha value is -3.05. The number of carbonyl (C=O) groups excluding carboxylic acids is 2. The van der Waals surface area contributed by atoms with Gasteiger partial charge < -0.3 is 10.6 Å². The molecule has 0 spiro atoms. The SMILES string of the molecule is CCC(Sc1cccc(NC(=O)c2ccccc2C)c1)C(=O)Nc1ccc(C(C)C)cc1. The molecule has 5 heteroatoms. The molecule has 3 aromatic carbocycles. The predicted molar refractivity (Wildman–Crippen MR) is 135 cm³/mol. The van der Waals surface area contributed by atoms with Crippen molar-refractivity contribution in [2.45, 2.75) is 50.2 Å². The maximum Gasteiger partial charge on any atom is 0.255 e. The molecule has 4 nitrogen and oxygen atoms in total. The monoisotopic (exact) mass is 446 g/mol. The van der Waals surface area contributed by atoms with Crippen LogP contribution in [0.1, 0.15) is 54.6 Å². The number of thioether (sulfide) groups is 1. The number of benzene rings is 3. The van der Waals surface area contributed by atoms with Crippen molar-refractivity contribution in [2.24, 2.45) is 0 Å². The number of rotatable bonds is 8. The van der Waals surface area contributed by atoms with Crippen molar-refractivity contribution in [2.75, 3.05) is 10.6 Å². The Bertz CT molecular complexity index is 1080. The van der Waals surface area contributed by atoms with Crippen molar-refractivity contribution in [3.63, 3.8) is 0 Å². The molecular weight excluding hydrogens is 416 g/mol. The fourth-order valence-electron chi connectivity index (χ4n) is 3.33. The van der Waals surface area contributed by atoms with Crippen molar-refractivity contribution in [3.05, 3.63) is 89.5 Å². The van der Waals surface area contributed by atoms with Gasteiger partial charge >= 0.3 is 0 Å². The van der Waals surface area contributed by atoms with E-state index in [1.165, 1.54) is 17.3 Å². The molecule has 0 aromatic heterocycles. The molecule has 32 heavy (non-hydrogen) atoms. The Morgan fingerprint density at radius 1 is 0.875 bits per heavy atom. The van der Waals surface area contributed by atoms with Crippen molar-refractivity contribution in [1.29, 1.82) is 0 Å². The molecule has 0 saturated heterocycles. The molecule has 2 amide bonds. The van der Waals surface area contributed by atoms with E-state index in [9.17, 15) is 9.59 Å². The van der Waals surface area contributed by atoms with Crippen LogP contribution in [-0.2, 0) is 4.79 Å². The zero-order valence-electron chi connectivity index (χ0n) is 19.0. The second-order valence-electron chi connectivity index (χ2n) is 8.08. The van der Waals surface area contributed by atoms with Gasteiger partial charge in [0.15, 0.2) is 0 Å². The van der Waals surface area contributed by atoms with Gasteiger partial charge in [0.2, 0.25) is 5.91 Å². The molecule has 166 valence electrons. The fourth-order valence-corrected chi connectivity index (χ4v) is 4.35. The molecule has 3 aromatic rings. The molecule has 2 N–H and O–H groups in total. The summed E-state index contributed by atoms with van der Waals surface area (Å²) in [5.41, 5.74) is 4.34. The van der Waals surface area contributed by atoms with E-state index in [4.69, 9.17) is 0 Å². The molecular formula is C27H30N2O2S. The number of nitrogens with one attached hydrogen (secondary N) is 2. The van der Waals surface area contributed by atoms with Gasteiger partial charge in [0, 0.05) is 21.8 Å². The minimum atomic E-state index is -0.234. The third kappa shape index (κ3) is 6.24. The average Bonchev–Trinajstić information content (AvgIpc) is 2.78. The van der Waals surface area contributed by atoms with E-state index in [0.717, 1.165) is 16.1 Å². The number of carbonyl (C=O) groups is 2. The lowest BCUT2D eigenvalue weighted by molar-refractivity contribution is -0.115. The lowest BCUT2D eigenvalue weighted by atomic mass is 10.0. The van der Waals surface area contributed by atoms with Gasteiger partial charge in [-0.3, -0.25) is 9.59 Å². The summed E-state index contributed by atoms with van der Waals surface area (Å²) in [5, 5.41) is 5.75. The first-order chi connectivity index (χ1) is 15.4. The number of anilines is 2. The lowest BCUT2D eigenvalue weighted by Crippen LogP contribution is -2.24. The van der Waals surface area contributed by atoms with Crippen LogP contribution in [0.2, 0.25) is 0 Å². The standard InChI is InChI=1S/C27H30N2O2S/c1-5-25(27(31)28-21-15-13-20(14-16-21)18(2)3)32-23-11-8-10-22(17-23)29-26(30)24-12-7-6-9-19(24)4/h6-18,25H,5H2,1-4H3,(H,28,31)(H,29,30). The maximum absolute atomic E-state index is 12.9. The smallest absolute Gasteiger partial charge is 0.255 e. The van der Waals surface area contributed by atoms with Crippen LogP contribution in [0.4, 0.5) is 11.4 Å². The molecule has 3 rings (SSSR count). The molecule has 0 fully saturated rings. The Kier molecular flexibility index (Phi) is 8.12. The summed E-state index contributed by atoms with van der Waals surface area (Å²) in [6, 6.07) is 23.1. The molecule has 0 aliphatic rings. The highest BCUT2D eigenvalue weighted by atomic mass is 32.2. The van der Waals surface area contributed by atoms with Gasteiger partial charge in [-0.05, 0) is 66.8 Å². The molecule has 0 aliphatic heterocycles. The first kappa shape index (κ1) is 23.6. The number of aryl methyl sites for hydroxylation is 1. The van der Waals surface area contributed by atoms with Gasteiger partial charge in [-0.15, -0.1) is 11.8 Å². The second kappa shape index (κ2) is 11.0. The van der Waals surface area contributed by atoms with Gasteiger partial charge in [-0.1, -0.05) is 57.2 Å². The minimum Gasteiger partial charge on any atom is -0.325 e. The van der Waals surface area contributed by atoms with E-state index in [-0.39, 0.29) is 17.1 Å². The Morgan fingerprint density at radius 3 is 2.25 bits per heavy atom. The fraction of sp³-hybridized carbons (Fsp3) is 0.259. The van der Waals surface area contributed by atoms with Crippen molar-refractivity contribution < 1.29 is 9.59 Å². The first-order valence-electron chi connectivity index (χ1n) is 10.9. The van der Waals surface area contributed by atoms with Crippen LogP contribution in [0.25, 0.3) is 0 Å². The minimum absolute atomic E-state index is 0.0239. The first-order valence-corrected chi connectivity index (χ1v) is 11.8. The van der Waals surface area contributed by atoms with Crippen LogP contribution in [0.15, 0.2) is 77.7 Å². The lowest BCUT2D eigenvalue weighted by Gasteiger charge is -2.16. The highest BCUT2D eigenvalue weighted by Gasteiger charge is 2.19. The summed E-state index contributed by atoms with van der Waals surface area (Å²) >= 11 is 1.50. The van der Waals surface area contributed by atoms with Gasteiger partial charge in [-0.25, -0.2) is 0 Å². The molecule has 0 heterocycles. The van der Waals surface area contributed by atoms with Crippen LogP contribution >= 0.6 is 11.8 Å². The largest absolute Gasteiger partial charge is 0.325 e. The van der Waals surface area contributed by atoms with Crippen molar-refractivity contribution in [1.82, 2.24) is 0 Å². The second-order valence-corrected chi connectivity index (χ2v) is 9.35. The topological polar surface area (TPSA) is 58.2 Å². The molecule has 1 unspecified atom stereocenters. The van der Waals surface area contributed by atoms with E-state index < -0.39 is 0 Å². The van der Waals surface area contributed by atoms with E-state index in [0.29, 0.717) is 23.6 Å². The van der Waals surface area contributed by atoms with Gasteiger partial charge in [0.05, 0.1) is 5.25 Å². The number of amides is 2. The average molecular weight is 447 g/mol. The van der Waals surface area contributed by atoms with Crippen molar-refractivity contribution >= 4 is 35.0 Å². The number of hydrogen-bond donors (Lipinski definition) is 2. The summed E-state index contributed by atoms with van der Waals surface area (Å²) in [6.07, 6.45) is 0.695. The molecule has 0 radical (unpaired) electrons. The summed E-state index contributed by atoms with van der Waals surface area (Å²) in [7, 11) is 0. The third-order valence-corrected chi connectivity index (χ3v) is 6.63. The van der Waals surface area contributed by atoms with Crippen LogP contribution in [-0.4, -0.2) is 17.1 Å². The summed E-state index contributed by atoms with van der Waals surface area (Å²) < 4.78 is 0. The third-order valence-electron chi connectivity index (χ3n) is 5.27. The van der Waals surface area contributed by atoms with E-state index in [2.05, 4.69) is 36.6 Å². The summed E-state index contributed by atoms with van der Waals surface area (Å²) in [5.74, 6) is 0.293. The normalized spacial score (nSPS) is 11.8. The molecule has 0 saturated carbocycles.